The fourth-order valence-corrected chi connectivity index (χ4v) is 3.71. The van der Waals surface area contributed by atoms with E-state index < -0.39 is 10.0 Å². The van der Waals surface area contributed by atoms with Crippen molar-refractivity contribution in [3.63, 3.8) is 0 Å². The Morgan fingerprint density at radius 1 is 1.17 bits per heavy atom. The number of H-pyrrole nitrogens is 1. The van der Waals surface area contributed by atoms with E-state index in [1.807, 2.05) is 0 Å². The third-order valence-electron chi connectivity index (χ3n) is 4.42. The van der Waals surface area contributed by atoms with Crippen LogP contribution < -0.4 is 5.56 Å². The van der Waals surface area contributed by atoms with Gasteiger partial charge in [0.25, 0.3) is 11.4 Å². The first-order chi connectivity index (χ1) is 14.3. The predicted octanol–water partition coefficient (Wildman–Crippen LogP) is 1.23. The zero-order valence-corrected chi connectivity index (χ0v) is 17.1. The average Bonchev–Trinajstić information content (AvgIpc) is 3.35. The van der Waals surface area contributed by atoms with Crippen molar-refractivity contribution < 1.29 is 12.9 Å². The van der Waals surface area contributed by atoms with Crippen LogP contribution in [-0.2, 0) is 10.0 Å². The molecule has 0 bridgehead atoms. The van der Waals surface area contributed by atoms with Gasteiger partial charge in [-0.05, 0) is 25.1 Å². The van der Waals surface area contributed by atoms with E-state index in [0.29, 0.717) is 22.6 Å². The monoisotopic (exact) mass is 427 g/mol. The molecule has 0 atom stereocenters. The molecular weight excluding hydrogens is 410 g/mol. The van der Waals surface area contributed by atoms with E-state index in [1.165, 1.54) is 37.0 Å². The van der Waals surface area contributed by atoms with Crippen LogP contribution in [0.1, 0.15) is 5.69 Å². The molecule has 4 aromatic rings. The number of nitrogens with zero attached hydrogens (tertiary/aromatic N) is 6. The largest absolute Gasteiger partial charge is 0.333 e. The highest BCUT2D eigenvalue weighted by atomic mass is 32.2. The van der Waals surface area contributed by atoms with Gasteiger partial charge in [0.2, 0.25) is 15.8 Å². The van der Waals surface area contributed by atoms with Crippen molar-refractivity contribution in [3.8, 4) is 28.7 Å². The van der Waals surface area contributed by atoms with Gasteiger partial charge in [0.1, 0.15) is 0 Å². The van der Waals surface area contributed by atoms with Gasteiger partial charge in [-0.25, -0.2) is 22.5 Å². The summed E-state index contributed by atoms with van der Waals surface area (Å²) >= 11 is 0. The number of nitrogens with one attached hydrogen (secondary N) is 1. The topological polar surface area (TPSA) is 140 Å². The highest BCUT2D eigenvalue weighted by Crippen LogP contribution is 2.27. The molecule has 0 spiro atoms. The van der Waals surface area contributed by atoms with Crippen LogP contribution in [0.4, 0.5) is 0 Å². The lowest BCUT2D eigenvalue weighted by Gasteiger charge is -2.11. The van der Waals surface area contributed by atoms with Crippen LogP contribution in [0.25, 0.3) is 28.7 Å². The van der Waals surface area contributed by atoms with Crippen LogP contribution in [0.15, 0.2) is 56.8 Å². The van der Waals surface area contributed by atoms with Gasteiger partial charge >= 0.3 is 0 Å². The van der Waals surface area contributed by atoms with Gasteiger partial charge in [0.15, 0.2) is 5.82 Å². The second kappa shape index (κ2) is 7.31. The Labute approximate surface area is 171 Å². The summed E-state index contributed by atoms with van der Waals surface area (Å²) in [5, 5.41) is 14.5. The molecule has 3 aromatic heterocycles. The number of rotatable bonds is 5. The molecule has 1 N–H and O–H groups in total. The minimum Gasteiger partial charge on any atom is -0.333 e. The lowest BCUT2D eigenvalue weighted by atomic mass is 10.2. The van der Waals surface area contributed by atoms with E-state index in [4.69, 9.17) is 4.52 Å². The van der Waals surface area contributed by atoms with E-state index in [0.717, 1.165) is 4.31 Å². The molecule has 154 valence electrons. The van der Waals surface area contributed by atoms with Crippen LogP contribution in [0.5, 0.6) is 0 Å². The number of aromatic amines is 1. The maximum absolute atomic E-state index is 12.4. The van der Waals surface area contributed by atoms with Gasteiger partial charge in [-0.15, -0.1) is 0 Å². The van der Waals surface area contributed by atoms with E-state index >= 15 is 0 Å². The van der Waals surface area contributed by atoms with Crippen molar-refractivity contribution in [2.24, 2.45) is 0 Å². The Kier molecular flexibility index (Phi) is 4.79. The van der Waals surface area contributed by atoms with Gasteiger partial charge < -0.3 is 4.52 Å². The van der Waals surface area contributed by atoms with E-state index in [2.05, 4.69) is 25.4 Å². The van der Waals surface area contributed by atoms with E-state index in [9.17, 15) is 13.2 Å². The molecule has 3 heterocycles. The van der Waals surface area contributed by atoms with Gasteiger partial charge in [-0.3, -0.25) is 4.79 Å². The van der Waals surface area contributed by atoms with Crippen molar-refractivity contribution in [3.05, 3.63) is 58.6 Å². The van der Waals surface area contributed by atoms with Gasteiger partial charge in [-0.1, -0.05) is 17.3 Å². The molecule has 0 fully saturated rings. The minimum atomic E-state index is -3.59. The summed E-state index contributed by atoms with van der Waals surface area (Å²) in [5.41, 5.74) is 1.44. The number of hydrogen-bond acceptors (Lipinski definition) is 8. The molecular formula is C18H17N7O4S. The molecule has 0 unspecified atom stereocenters. The Bertz CT molecular complexity index is 1370. The summed E-state index contributed by atoms with van der Waals surface area (Å²) < 4.78 is 32.8. The second-order valence-corrected chi connectivity index (χ2v) is 8.73. The molecule has 0 saturated heterocycles. The van der Waals surface area contributed by atoms with Crippen molar-refractivity contribution >= 4 is 10.0 Å². The molecule has 0 aliphatic rings. The third-order valence-corrected chi connectivity index (χ3v) is 6.23. The summed E-state index contributed by atoms with van der Waals surface area (Å²) in [6.45, 7) is 1.79. The maximum atomic E-state index is 12.4. The van der Waals surface area contributed by atoms with Crippen molar-refractivity contribution in [1.29, 1.82) is 0 Å². The van der Waals surface area contributed by atoms with E-state index in [-0.39, 0.29) is 22.2 Å². The summed E-state index contributed by atoms with van der Waals surface area (Å²) in [6.07, 6.45) is 1.55. The van der Waals surface area contributed by atoms with Crippen LogP contribution in [-0.4, -0.2) is 56.9 Å². The molecule has 0 aliphatic carbocycles. The summed E-state index contributed by atoms with van der Waals surface area (Å²) in [6, 6.07) is 9.20. The molecule has 12 heteroatoms. The lowest BCUT2D eigenvalue weighted by molar-refractivity contribution is 0.432. The quantitative estimate of drug-likeness (QED) is 0.501. The molecule has 0 radical (unpaired) electrons. The van der Waals surface area contributed by atoms with Crippen molar-refractivity contribution in [2.45, 2.75) is 11.8 Å². The Hall–Kier alpha value is -3.64. The highest BCUT2D eigenvalue weighted by Gasteiger charge is 2.20. The zero-order chi connectivity index (χ0) is 21.5. The number of hydrogen-bond donors (Lipinski definition) is 1. The van der Waals surface area contributed by atoms with E-state index in [1.54, 1.807) is 31.3 Å². The van der Waals surface area contributed by atoms with Crippen LogP contribution >= 0.6 is 0 Å². The molecule has 0 aliphatic heterocycles. The zero-order valence-electron chi connectivity index (χ0n) is 16.3. The van der Waals surface area contributed by atoms with Crippen LogP contribution in [0.2, 0.25) is 0 Å². The molecule has 0 saturated carbocycles. The first-order valence-electron chi connectivity index (χ1n) is 8.75. The SMILES string of the molecule is Cc1c(-c2nc(-c3cccc(S(=O)(=O)N(C)C)c3)no2)cnn1-c1ccc(=O)[nH]n1. The third kappa shape index (κ3) is 3.42. The van der Waals surface area contributed by atoms with Gasteiger partial charge in [0, 0.05) is 25.7 Å². The first kappa shape index (κ1) is 19.7. The first-order valence-corrected chi connectivity index (χ1v) is 10.2. The standard InChI is InChI=1S/C18H17N7O4S/c1-11-14(10-19-25(11)15-7-8-16(26)22-21-15)18-20-17(23-29-18)12-5-4-6-13(9-12)30(27,28)24(2)3/h4-10H,1-3H3,(H,22,26). The van der Waals surface area contributed by atoms with Crippen LogP contribution in [0, 0.1) is 6.92 Å². The molecule has 30 heavy (non-hydrogen) atoms. The highest BCUT2D eigenvalue weighted by molar-refractivity contribution is 7.89. The number of benzene rings is 1. The fourth-order valence-electron chi connectivity index (χ4n) is 2.76. The number of sulfonamides is 1. The predicted molar refractivity (Wildman–Crippen MR) is 106 cm³/mol. The second-order valence-electron chi connectivity index (χ2n) is 6.57. The van der Waals surface area contributed by atoms with Gasteiger partial charge in [-0.2, -0.15) is 15.2 Å². The molecule has 0 amide bonds. The molecule has 1 aromatic carbocycles. The minimum absolute atomic E-state index is 0.129. The van der Waals surface area contributed by atoms with Crippen LogP contribution in [0.3, 0.4) is 0 Å². The van der Waals surface area contributed by atoms with Crippen molar-refractivity contribution in [1.82, 2.24) is 34.4 Å². The maximum Gasteiger partial charge on any atom is 0.264 e. The normalized spacial score (nSPS) is 11.9. The summed E-state index contributed by atoms with van der Waals surface area (Å²) in [7, 11) is -0.659. The van der Waals surface area contributed by atoms with Crippen molar-refractivity contribution in [2.75, 3.05) is 14.1 Å². The Balaban J connectivity index is 1.69. The summed E-state index contributed by atoms with van der Waals surface area (Å²) in [4.78, 5) is 15.7. The number of aromatic nitrogens is 6. The summed E-state index contributed by atoms with van der Waals surface area (Å²) in [5.74, 6) is 0.897. The van der Waals surface area contributed by atoms with Gasteiger partial charge in [0.05, 0.1) is 22.3 Å². The fraction of sp³-hybridized carbons (Fsp3) is 0.167. The molecule has 4 rings (SSSR count). The Morgan fingerprint density at radius 2 is 1.97 bits per heavy atom. The lowest BCUT2D eigenvalue weighted by Crippen LogP contribution is -2.22. The molecule has 11 nitrogen and oxygen atoms in total. The Morgan fingerprint density at radius 3 is 2.67 bits per heavy atom. The smallest absolute Gasteiger partial charge is 0.264 e. The average molecular weight is 427 g/mol.